The number of aromatic nitrogens is 4. The molecule has 1 aliphatic rings. The number of aromatic amines is 1. The highest BCUT2D eigenvalue weighted by molar-refractivity contribution is 5.70. The van der Waals surface area contributed by atoms with E-state index < -0.39 is 17.2 Å². The van der Waals surface area contributed by atoms with Gasteiger partial charge in [-0.1, -0.05) is 0 Å². The lowest BCUT2D eigenvalue weighted by molar-refractivity contribution is -0.929. The number of nitrogens with one attached hydrogen (secondary N) is 2. The van der Waals surface area contributed by atoms with Crippen LogP contribution in [0.3, 0.4) is 0 Å². The number of morpholine rings is 1. The van der Waals surface area contributed by atoms with Crippen LogP contribution in [-0.2, 0) is 41.5 Å². The second kappa shape index (κ2) is 7.42. The number of hydrogen-bond acceptors (Lipinski definition) is 5. The van der Waals surface area contributed by atoms with Gasteiger partial charge < -0.3 is 14.4 Å². The Kier molecular flexibility index (Phi) is 5.23. The van der Waals surface area contributed by atoms with Gasteiger partial charge in [0.15, 0.2) is 13.1 Å². The molecule has 0 aliphatic carbocycles. The molecule has 0 amide bonds. The molecule has 3 heterocycles. The van der Waals surface area contributed by atoms with E-state index in [2.05, 4.69) is 4.98 Å². The summed E-state index contributed by atoms with van der Waals surface area (Å²) in [6, 6.07) is 0. The van der Waals surface area contributed by atoms with Gasteiger partial charge in [-0.15, -0.1) is 0 Å². The lowest BCUT2D eigenvalue weighted by Gasteiger charge is -2.22. The average molecular weight is 367 g/mol. The molecular weight excluding hydrogens is 342 g/mol. The topological polar surface area (TPSA) is 104 Å². The molecule has 1 fully saturated rings. The Morgan fingerprint density at radius 3 is 2.62 bits per heavy atom. The van der Waals surface area contributed by atoms with E-state index in [0.717, 1.165) is 17.7 Å². The van der Waals surface area contributed by atoms with Crippen LogP contribution in [0.4, 0.5) is 0 Å². The molecule has 10 nitrogen and oxygen atoms in total. The van der Waals surface area contributed by atoms with Crippen LogP contribution in [0.2, 0.25) is 0 Å². The Morgan fingerprint density at radius 1 is 1.27 bits per heavy atom. The fourth-order valence-electron chi connectivity index (χ4n) is 3.28. The highest BCUT2D eigenvalue weighted by Gasteiger charge is 2.30. The highest BCUT2D eigenvalue weighted by atomic mass is 16.5. The van der Waals surface area contributed by atoms with Crippen LogP contribution in [0.25, 0.3) is 11.2 Å². The van der Waals surface area contributed by atoms with Gasteiger partial charge >= 0.3 is 23.0 Å². The maximum atomic E-state index is 12.7. The predicted octanol–water partition coefficient (Wildman–Crippen LogP) is -3.17. The SMILES string of the molecule is CCOC(=O)C[n+]1c(C[NH+]2CCOCC2)[nH]c2c1c(=O)n(C)c(=O)n2C. The van der Waals surface area contributed by atoms with Crippen molar-refractivity contribution in [2.45, 2.75) is 20.0 Å². The summed E-state index contributed by atoms with van der Waals surface area (Å²) in [6.45, 7) is 5.54. The van der Waals surface area contributed by atoms with Crippen molar-refractivity contribution < 1.29 is 23.7 Å². The van der Waals surface area contributed by atoms with Crippen LogP contribution in [-0.4, -0.2) is 53.0 Å². The summed E-state index contributed by atoms with van der Waals surface area (Å²) < 4.78 is 14.5. The maximum absolute atomic E-state index is 12.7. The third-order valence-corrected chi connectivity index (χ3v) is 4.71. The number of rotatable bonds is 5. The van der Waals surface area contributed by atoms with E-state index >= 15 is 0 Å². The Morgan fingerprint density at radius 2 is 1.96 bits per heavy atom. The highest BCUT2D eigenvalue weighted by Crippen LogP contribution is 2.03. The van der Waals surface area contributed by atoms with Crippen LogP contribution >= 0.6 is 0 Å². The van der Waals surface area contributed by atoms with Crippen molar-refractivity contribution in [3.8, 4) is 0 Å². The molecule has 2 aromatic heterocycles. The minimum Gasteiger partial charge on any atom is -0.463 e. The van der Waals surface area contributed by atoms with Crippen LogP contribution in [0.5, 0.6) is 0 Å². The summed E-state index contributed by atoms with van der Waals surface area (Å²) in [4.78, 5) is 41.5. The molecule has 2 aromatic rings. The first-order valence-corrected chi connectivity index (χ1v) is 8.71. The van der Waals surface area contributed by atoms with Gasteiger partial charge in [-0.3, -0.25) is 13.9 Å². The number of esters is 1. The molecule has 3 rings (SSSR count). The molecule has 0 radical (unpaired) electrons. The van der Waals surface area contributed by atoms with Crippen molar-refractivity contribution in [2.75, 3.05) is 32.9 Å². The van der Waals surface area contributed by atoms with Crippen molar-refractivity contribution >= 4 is 17.1 Å². The first-order chi connectivity index (χ1) is 12.4. The standard InChI is InChI=1S/C16H23N5O5/c1-4-26-12(22)10-21-11(9-20-5-7-25-8-6-20)17-14-13(21)15(23)19(3)16(24)18(14)2/h4-10H2,1-3H3/p+2. The minimum atomic E-state index is -0.438. The van der Waals surface area contributed by atoms with Gasteiger partial charge in [-0.2, -0.15) is 0 Å². The summed E-state index contributed by atoms with van der Waals surface area (Å²) in [5.74, 6) is 0.288. The number of hydrogen-bond donors (Lipinski definition) is 2. The molecule has 26 heavy (non-hydrogen) atoms. The first-order valence-electron chi connectivity index (χ1n) is 8.71. The molecule has 142 valence electrons. The summed E-state index contributed by atoms with van der Waals surface area (Å²) in [7, 11) is 3.03. The van der Waals surface area contributed by atoms with Gasteiger partial charge in [-0.25, -0.2) is 19.1 Å². The molecule has 10 heteroatoms. The number of carbonyl (C=O) groups excluding carboxylic acids is 1. The fourth-order valence-corrected chi connectivity index (χ4v) is 3.28. The van der Waals surface area contributed by atoms with Gasteiger partial charge in [0, 0.05) is 14.1 Å². The molecule has 2 N–H and O–H groups in total. The third kappa shape index (κ3) is 3.29. The number of nitrogens with zero attached hydrogens (tertiary/aromatic N) is 3. The normalized spacial score (nSPS) is 15.5. The molecule has 0 saturated carbocycles. The molecule has 0 atom stereocenters. The summed E-state index contributed by atoms with van der Waals surface area (Å²) in [6.07, 6.45) is 0. The van der Waals surface area contributed by atoms with Crippen molar-refractivity contribution in [1.29, 1.82) is 0 Å². The van der Waals surface area contributed by atoms with Crippen LogP contribution in [0.1, 0.15) is 12.7 Å². The number of H-pyrrole nitrogens is 1. The largest absolute Gasteiger partial charge is 0.463 e. The van der Waals surface area contributed by atoms with E-state index in [1.807, 2.05) is 0 Å². The van der Waals surface area contributed by atoms with E-state index in [9.17, 15) is 14.4 Å². The van der Waals surface area contributed by atoms with Crippen molar-refractivity contribution in [3.63, 3.8) is 0 Å². The second-order valence-corrected chi connectivity index (χ2v) is 6.40. The van der Waals surface area contributed by atoms with E-state index in [-0.39, 0.29) is 13.2 Å². The molecule has 1 aliphatic heterocycles. The summed E-state index contributed by atoms with van der Waals surface area (Å²) >= 11 is 0. The number of imidazole rings is 1. The Balaban J connectivity index is 2.13. The van der Waals surface area contributed by atoms with E-state index in [1.165, 1.54) is 16.5 Å². The Labute approximate surface area is 149 Å². The number of quaternary nitrogens is 1. The number of carbonyl (C=O) groups is 1. The van der Waals surface area contributed by atoms with Crippen molar-refractivity contribution in [3.05, 3.63) is 26.7 Å². The zero-order valence-corrected chi connectivity index (χ0v) is 15.3. The summed E-state index contributed by atoms with van der Waals surface area (Å²) in [5.41, 5.74) is -0.153. The first kappa shape index (κ1) is 18.3. The van der Waals surface area contributed by atoms with E-state index in [1.54, 1.807) is 18.5 Å². The van der Waals surface area contributed by atoms with Gasteiger partial charge in [0.1, 0.15) is 13.1 Å². The van der Waals surface area contributed by atoms with Crippen LogP contribution in [0.15, 0.2) is 9.59 Å². The number of fused-ring (bicyclic) bond motifs is 1. The van der Waals surface area contributed by atoms with Crippen molar-refractivity contribution in [1.82, 2.24) is 14.1 Å². The molecule has 0 aromatic carbocycles. The molecule has 0 spiro atoms. The number of aryl methyl sites for hydroxylation is 1. The lowest BCUT2D eigenvalue weighted by atomic mass is 10.4. The molecule has 0 unspecified atom stereocenters. The average Bonchev–Trinajstić information content (AvgIpc) is 2.97. The maximum Gasteiger partial charge on any atom is 0.348 e. The molecule has 1 saturated heterocycles. The lowest BCUT2D eigenvalue weighted by Crippen LogP contribution is -3.13. The van der Waals surface area contributed by atoms with Gasteiger partial charge in [0.2, 0.25) is 0 Å². The minimum absolute atomic E-state index is 0.0829. The van der Waals surface area contributed by atoms with Gasteiger partial charge in [0.05, 0.1) is 19.8 Å². The third-order valence-electron chi connectivity index (χ3n) is 4.71. The van der Waals surface area contributed by atoms with Gasteiger partial charge in [0.25, 0.3) is 11.2 Å². The zero-order chi connectivity index (χ0) is 18.8. The van der Waals surface area contributed by atoms with Gasteiger partial charge in [-0.05, 0) is 6.92 Å². The molecule has 0 bridgehead atoms. The van der Waals surface area contributed by atoms with Crippen LogP contribution in [0, 0.1) is 0 Å². The predicted molar refractivity (Wildman–Crippen MR) is 90.8 cm³/mol. The van der Waals surface area contributed by atoms with Crippen LogP contribution < -0.4 is 20.7 Å². The van der Waals surface area contributed by atoms with Crippen molar-refractivity contribution in [2.24, 2.45) is 14.1 Å². The second-order valence-electron chi connectivity index (χ2n) is 6.40. The zero-order valence-electron chi connectivity index (χ0n) is 15.3. The fraction of sp³-hybridized carbons (Fsp3) is 0.625. The van der Waals surface area contributed by atoms with E-state index in [4.69, 9.17) is 9.47 Å². The summed E-state index contributed by atoms with van der Waals surface area (Å²) in [5, 5.41) is 0. The monoisotopic (exact) mass is 367 g/mol. The number of ether oxygens (including phenoxy) is 2. The Hall–Kier alpha value is -2.46. The Bertz CT molecular complexity index is 935. The molecular formula is C16H25N5O5+2. The smallest absolute Gasteiger partial charge is 0.348 e. The van der Waals surface area contributed by atoms with E-state index in [0.29, 0.717) is 36.7 Å². The quantitative estimate of drug-likeness (QED) is 0.429.